The van der Waals surface area contributed by atoms with E-state index in [9.17, 15) is 13.2 Å². The highest BCUT2D eigenvalue weighted by Crippen LogP contribution is 2.13. The minimum absolute atomic E-state index is 0.253. The summed E-state index contributed by atoms with van der Waals surface area (Å²) in [6.07, 6.45) is 0. The maximum absolute atomic E-state index is 12.7. The molecule has 0 aliphatic carbocycles. The number of nitrogens with one attached hydrogen (secondary N) is 1. The molecular weight excluding hydrogens is 203 g/mol. The lowest BCUT2D eigenvalue weighted by Crippen LogP contribution is -2.13. The maximum Gasteiger partial charge on any atom is 0.194 e. The molecule has 1 N–H and O–H groups in total. The molecule has 0 aliphatic rings. The molecule has 1 aromatic carbocycles. The first-order valence-electron chi connectivity index (χ1n) is 4.39. The summed E-state index contributed by atoms with van der Waals surface area (Å²) in [5, 5.41) is 2.85. The molecule has 0 amide bonds. The summed E-state index contributed by atoms with van der Waals surface area (Å²) in [6.45, 7) is 2.37. The average Bonchev–Trinajstić information content (AvgIpc) is 2.21. The van der Waals surface area contributed by atoms with E-state index in [4.69, 9.17) is 0 Å². The predicted octanol–water partition coefficient (Wildman–Crippen LogP) is 2.22. The minimum Gasteiger partial charge on any atom is -0.302 e. The summed E-state index contributed by atoms with van der Waals surface area (Å²) in [5.41, 5.74) is 0.351. The van der Waals surface area contributed by atoms with E-state index in [0.717, 1.165) is 12.1 Å². The van der Waals surface area contributed by atoms with Crippen LogP contribution in [0.5, 0.6) is 0 Å². The van der Waals surface area contributed by atoms with Gasteiger partial charge in [0, 0.05) is 6.54 Å². The van der Waals surface area contributed by atoms with Crippen LogP contribution >= 0.6 is 0 Å². The lowest BCUT2D eigenvalue weighted by molar-refractivity contribution is 0.444. The average molecular weight is 213 g/mol. The van der Waals surface area contributed by atoms with Crippen LogP contribution in [-0.4, -0.2) is 6.54 Å². The molecule has 15 heavy (non-hydrogen) atoms. The van der Waals surface area contributed by atoms with E-state index in [1.54, 1.807) is 6.92 Å². The van der Waals surface area contributed by atoms with E-state index in [-0.39, 0.29) is 6.54 Å². The van der Waals surface area contributed by atoms with Gasteiger partial charge in [-0.3, -0.25) is 0 Å². The Hall–Kier alpha value is -1.47. The second-order valence-electron chi connectivity index (χ2n) is 2.90. The van der Waals surface area contributed by atoms with Crippen LogP contribution in [0.15, 0.2) is 12.1 Å². The van der Waals surface area contributed by atoms with E-state index in [2.05, 4.69) is 17.2 Å². The van der Waals surface area contributed by atoms with Gasteiger partial charge in [-0.25, -0.2) is 13.2 Å². The molecule has 1 rings (SSSR count). The first-order valence-corrected chi connectivity index (χ1v) is 4.39. The van der Waals surface area contributed by atoms with Crippen LogP contribution in [0.25, 0.3) is 0 Å². The van der Waals surface area contributed by atoms with Crippen molar-refractivity contribution in [1.29, 1.82) is 0 Å². The van der Waals surface area contributed by atoms with Gasteiger partial charge in [-0.1, -0.05) is 5.92 Å². The summed E-state index contributed by atoms with van der Waals surface area (Å²) < 4.78 is 38.1. The fourth-order valence-corrected chi connectivity index (χ4v) is 1.07. The number of rotatable bonds is 3. The fraction of sp³-hybridized carbons (Fsp3) is 0.273. The summed E-state index contributed by atoms with van der Waals surface area (Å²) in [6, 6.07) is 1.93. The molecule has 0 heterocycles. The Kier molecular flexibility index (Phi) is 4.19. The van der Waals surface area contributed by atoms with Gasteiger partial charge < -0.3 is 5.32 Å². The molecule has 0 unspecified atom stereocenters. The molecule has 0 spiro atoms. The Morgan fingerprint density at radius 1 is 1.20 bits per heavy atom. The molecule has 80 valence electrons. The quantitative estimate of drug-likeness (QED) is 0.461. The third-order valence-corrected chi connectivity index (χ3v) is 1.76. The van der Waals surface area contributed by atoms with Crippen LogP contribution in [0, 0.1) is 29.3 Å². The summed E-state index contributed by atoms with van der Waals surface area (Å²) in [4.78, 5) is 0. The zero-order valence-electron chi connectivity index (χ0n) is 8.20. The van der Waals surface area contributed by atoms with Gasteiger partial charge in [0.05, 0.1) is 6.54 Å². The SMILES string of the molecule is CC#CCNCc1cc(F)c(F)c(F)c1. The van der Waals surface area contributed by atoms with E-state index >= 15 is 0 Å². The Balaban J connectivity index is 2.65. The molecule has 0 aromatic heterocycles. The summed E-state index contributed by atoms with van der Waals surface area (Å²) in [5.74, 6) is 1.62. The first kappa shape index (κ1) is 11.6. The third-order valence-electron chi connectivity index (χ3n) is 1.76. The standard InChI is InChI=1S/C11H10F3N/c1-2-3-4-15-7-8-5-9(12)11(14)10(13)6-8/h5-6,15H,4,7H2,1H3. The fourth-order valence-electron chi connectivity index (χ4n) is 1.07. The van der Waals surface area contributed by atoms with E-state index in [1.807, 2.05) is 0 Å². The zero-order valence-corrected chi connectivity index (χ0v) is 8.20. The molecule has 0 bridgehead atoms. The molecule has 0 radical (unpaired) electrons. The van der Waals surface area contributed by atoms with Crippen molar-refractivity contribution >= 4 is 0 Å². The molecule has 0 saturated heterocycles. The second kappa shape index (κ2) is 5.42. The molecule has 0 saturated carbocycles. The number of halogens is 3. The largest absolute Gasteiger partial charge is 0.302 e. The number of benzene rings is 1. The molecule has 0 fully saturated rings. The van der Waals surface area contributed by atoms with Crippen LogP contribution in [0.2, 0.25) is 0 Å². The Labute approximate surface area is 86.3 Å². The van der Waals surface area contributed by atoms with Crippen LogP contribution < -0.4 is 5.32 Å². The van der Waals surface area contributed by atoms with Crippen LogP contribution in [0.1, 0.15) is 12.5 Å². The molecular formula is C11H10F3N. The maximum atomic E-state index is 12.7. The van der Waals surface area contributed by atoms with Gasteiger partial charge in [-0.2, -0.15) is 0 Å². The van der Waals surface area contributed by atoms with Crippen molar-refractivity contribution in [3.63, 3.8) is 0 Å². The normalized spacial score (nSPS) is 9.60. The van der Waals surface area contributed by atoms with Gasteiger partial charge >= 0.3 is 0 Å². The topological polar surface area (TPSA) is 12.0 Å². The van der Waals surface area contributed by atoms with Crippen LogP contribution in [-0.2, 0) is 6.54 Å². The smallest absolute Gasteiger partial charge is 0.194 e. The Morgan fingerprint density at radius 3 is 2.33 bits per heavy atom. The lowest BCUT2D eigenvalue weighted by atomic mass is 10.2. The van der Waals surface area contributed by atoms with Crippen molar-refractivity contribution in [3.8, 4) is 11.8 Å². The Morgan fingerprint density at radius 2 is 1.80 bits per heavy atom. The van der Waals surface area contributed by atoms with Crippen molar-refractivity contribution < 1.29 is 13.2 Å². The number of hydrogen-bond acceptors (Lipinski definition) is 1. The highest BCUT2D eigenvalue weighted by atomic mass is 19.2. The molecule has 4 heteroatoms. The summed E-state index contributed by atoms with van der Waals surface area (Å²) >= 11 is 0. The van der Waals surface area contributed by atoms with Crippen molar-refractivity contribution in [2.75, 3.05) is 6.54 Å². The van der Waals surface area contributed by atoms with E-state index < -0.39 is 17.5 Å². The first-order chi connectivity index (χ1) is 7.15. The molecule has 0 aliphatic heterocycles. The van der Waals surface area contributed by atoms with Crippen LogP contribution in [0.4, 0.5) is 13.2 Å². The molecule has 1 aromatic rings. The van der Waals surface area contributed by atoms with Gasteiger partial charge in [0.1, 0.15) is 0 Å². The van der Waals surface area contributed by atoms with Crippen molar-refractivity contribution in [1.82, 2.24) is 5.32 Å². The van der Waals surface area contributed by atoms with Gasteiger partial charge in [-0.15, -0.1) is 5.92 Å². The monoisotopic (exact) mass is 213 g/mol. The second-order valence-corrected chi connectivity index (χ2v) is 2.90. The molecule has 1 nitrogen and oxygen atoms in total. The number of hydrogen-bond donors (Lipinski definition) is 1. The summed E-state index contributed by atoms with van der Waals surface area (Å²) in [7, 11) is 0. The van der Waals surface area contributed by atoms with Gasteiger partial charge in [0.2, 0.25) is 0 Å². The van der Waals surface area contributed by atoms with Crippen molar-refractivity contribution in [3.05, 3.63) is 35.1 Å². The van der Waals surface area contributed by atoms with Crippen molar-refractivity contribution in [2.24, 2.45) is 0 Å². The Bertz CT molecular complexity index is 381. The van der Waals surface area contributed by atoms with Crippen LogP contribution in [0.3, 0.4) is 0 Å². The minimum atomic E-state index is -1.44. The molecule has 0 atom stereocenters. The zero-order chi connectivity index (χ0) is 11.3. The van der Waals surface area contributed by atoms with Gasteiger partial charge in [0.25, 0.3) is 0 Å². The van der Waals surface area contributed by atoms with E-state index in [0.29, 0.717) is 12.1 Å². The van der Waals surface area contributed by atoms with Gasteiger partial charge in [-0.05, 0) is 24.6 Å². The lowest BCUT2D eigenvalue weighted by Gasteiger charge is -2.03. The van der Waals surface area contributed by atoms with E-state index in [1.165, 1.54) is 0 Å². The third kappa shape index (κ3) is 3.30. The van der Waals surface area contributed by atoms with Crippen molar-refractivity contribution in [2.45, 2.75) is 13.5 Å². The van der Waals surface area contributed by atoms with Gasteiger partial charge in [0.15, 0.2) is 17.5 Å². The highest BCUT2D eigenvalue weighted by molar-refractivity contribution is 5.19. The predicted molar refractivity (Wildman–Crippen MR) is 51.5 cm³/mol. The highest BCUT2D eigenvalue weighted by Gasteiger charge is 2.09.